The van der Waals surface area contributed by atoms with Gasteiger partial charge in [0, 0.05) is 25.7 Å². The van der Waals surface area contributed by atoms with E-state index in [0.717, 1.165) is 5.56 Å². The molecule has 0 bridgehead atoms. The number of nitrogens with one attached hydrogen (secondary N) is 2. The molecular weight excluding hydrogens is 418 g/mol. The number of nitrogens with zero attached hydrogens (tertiary/aromatic N) is 1. The Hall–Kier alpha value is -2.75. The summed E-state index contributed by atoms with van der Waals surface area (Å²) in [6, 6.07) is 14.6. The van der Waals surface area contributed by atoms with Crippen LogP contribution in [0.4, 0.5) is 5.69 Å². The van der Waals surface area contributed by atoms with Crippen molar-refractivity contribution in [3.63, 3.8) is 0 Å². The standard InChI is InChI=1S/C22H27N3O5S/c1-16(27)23-19-9-11-20(12-10-19)31(29,30)25-13-5-8-18(14-25)22(28)24-21(15-26)17-6-3-2-4-7-17/h2-4,6-7,9-12,18,21,26H,5,8,13-15H2,1H3,(H,23,27)(H,24,28)/t18?,21-/m0/s1. The minimum Gasteiger partial charge on any atom is -0.394 e. The fourth-order valence-corrected chi connectivity index (χ4v) is 5.17. The van der Waals surface area contributed by atoms with E-state index in [2.05, 4.69) is 10.6 Å². The molecule has 3 N–H and O–H groups in total. The molecule has 31 heavy (non-hydrogen) atoms. The zero-order valence-electron chi connectivity index (χ0n) is 17.3. The first-order valence-electron chi connectivity index (χ1n) is 10.1. The smallest absolute Gasteiger partial charge is 0.243 e. The average molecular weight is 446 g/mol. The first kappa shape index (κ1) is 22.9. The molecule has 2 aromatic carbocycles. The van der Waals surface area contributed by atoms with Crippen molar-refractivity contribution in [3.05, 3.63) is 60.2 Å². The number of carbonyl (C=O) groups is 2. The second kappa shape index (κ2) is 10.0. The molecular formula is C22H27N3O5S. The van der Waals surface area contributed by atoms with E-state index in [0.29, 0.717) is 25.1 Å². The van der Waals surface area contributed by atoms with E-state index in [4.69, 9.17) is 0 Å². The molecule has 9 heteroatoms. The van der Waals surface area contributed by atoms with Crippen molar-refractivity contribution in [3.8, 4) is 0 Å². The van der Waals surface area contributed by atoms with Gasteiger partial charge in [0.2, 0.25) is 21.8 Å². The predicted molar refractivity (Wildman–Crippen MR) is 117 cm³/mol. The predicted octanol–water partition coefficient (Wildman–Crippen LogP) is 1.90. The van der Waals surface area contributed by atoms with Crippen LogP contribution in [0, 0.1) is 5.92 Å². The van der Waals surface area contributed by atoms with Crippen LogP contribution in [-0.4, -0.2) is 49.3 Å². The lowest BCUT2D eigenvalue weighted by Crippen LogP contribution is -2.46. The Morgan fingerprint density at radius 2 is 1.81 bits per heavy atom. The van der Waals surface area contributed by atoms with Crippen molar-refractivity contribution >= 4 is 27.5 Å². The number of aliphatic hydroxyl groups is 1. The Kier molecular flexibility index (Phi) is 7.42. The lowest BCUT2D eigenvalue weighted by Gasteiger charge is -2.32. The van der Waals surface area contributed by atoms with Gasteiger partial charge in [-0.05, 0) is 42.7 Å². The molecule has 3 rings (SSSR count). The van der Waals surface area contributed by atoms with Crippen LogP contribution < -0.4 is 10.6 Å². The van der Waals surface area contributed by atoms with Crippen LogP contribution in [0.2, 0.25) is 0 Å². The SMILES string of the molecule is CC(=O)Nc1ccc(S(=O)(=O)N2CCCC(C(=O)N[C@@H](CO)c3ccccc3)C2)cc1. The summed E-state index contributed by atoms with van der Waals surface area (Å²) in [5.74, 6) is -1.01. The largest absolute Gasteiger partial charge is 0.394 e. The van der Waals surface area contributed by atoms with Crippen LogP contribution >= 0.6 is 0 Å². The number of hydrogen-bond donors (Lipinski definition) is 3. The first-order valence-corrected chi connectivity index (χ1v) is 11.6. The van der Waals surface area contributed by atoms with Crippen LogP contribution in [0.25, 0.3) is 0 Å². The maximum absolute atomic E-state index is 13.1. The minimum atomic E-state index is -3.77. The highest BCUT2D eigenvalue weighted by Crippen LogP contribution is 2.25. The third kappa shape index (κ3) is 5.69. The van der Waals surface area contributed by atoms with E-state index in [1.54, 1.807) is 0 Å². The van der Waals surface area contributed by atoms with Gasteiger partial charge in [0.05, 0.1) is 23.5 Å². The van der Waals surface area contributed by atoms with E-state index in [9.17, 15) is 23.1 Å². The minimum absolute atomic E-state index is 0.0779. The monoisotopic (exact) mass is 445 g/mol. The Labute approximate surface area is 182 Å². The molecule has 8 nitrogen and oxygen atoms in total. The van der Waals surface area contributed by atoms with Crippen molar-refractivity contribution in [1.82, 2.24) is 9.62 Å². The number of anilines is 1. The van der Waals surface area contributed by atoms with Gasteiger partial charge in [-0.2, -0.15) is 4.31 Å². The van der Waals surface area contributed by atoms with Crippen LogP contribution in [0.5, 0.6) is 0 Å². The van der Waals surface area contributed by atoms with Gasteiger partial charge in [-0.25, -0.2) is 8.42 Å². The van der Waals surface area contributed by atoms with E-state index < -0.39 is 22.0 Å². The van der Waals surface area contributed by atoms with E-state index in [-0.39, 0.29) is 29.9 Å². The molecule has 1 aliphatic rings. The van der Waals surface area contributed by atoms with Crippen LogP contribution in [0.1, 0.15) is 31.4 Å². The van der Waals surface area contributed by atoms with Gasteiger partial charge >= 0.3 is 0 Å². The lowest BCUT2D eigenvalue weighted by molar-refractivity contribution is -0.127. The quantitative estimate of drug-likeness (QED) is 0.602. The third-order valence-corrected chi connectivity index (χ3v) is 7.15. The molecule has 1 heterocycles. The van der Waals surface area contributed by atoms with Gasteiger partial charge in [-0.3, -0.25) is 9.59 Å². The highest BCUT2D eigenvalue weighted by molar-refractivity contribution is 7.89. The number of benzene rings is 2. The molecule has 1 fully saturated rings. The second-order valence-electron chi connectivity index (χ2n) is 7.56. The van der Waals surface area contributed by atoms with E-state index in [1.165, 1.54) is 35.5 Å². The molecule has 1 unspecified atom stereocenters. The first-order chi connectivity index (χ1) is 14.8. The highest BCUT2D eigenvalue weighted by Gasteiger charge is 2.34. The van der Waals surface area contributed by atoms with Gasteiger partial charge in [0.1, 0.15) is 0 Å². The molecule has 0 aromatic heterocycles. The summed E-state index contributed by atoms with van der Waals surface area (Å²) in [6.45, 7) is 1.55. The van der Waals surface area contributed by atoms with Gasteiger partial charge in [-0.1, -0.05) is 30.3 Å². The number of sulfonamides is 1. The highest BCUT2D eigenvalue weighted by atomic mass is 32.2. The van der Waals surface area contributed by atoms with Crippen molar-refractivity contribution in [2.45, 2.75) is 30.7 Å². The Morgan fingerprint density at radius 1 is 1.13 bits per heavy atom. The van der Waals surface area contributed by atoms with Crippen LogP contribution in [0.3, 0.4) is 0 Å². The maximum Gasteiger partial charge on any atom is 0.243 e. The molecule has 1 aliphatic heterocycles. The summed E-state index contributed by atoms with van der Waals surface area (Å²) in [5.41, 5.74) is 1.30. The van der Waals surface area contributed by atoms with Crippen LogP contribution in [0.15, 0.2) is 59.5 Å². The number of hydrogen-bond acceptors (Lipinski definition) is 5. The zero-order chi connectivity index (χ0) is 22.4. The van der Waals surface area contributed by atoms with Gasteiger partial charge in [-0.15, -0.1) is 0 Å². The Bertz CT molecular complexity index is 1010. The van der Waals surface area contributed by atoms with Crippen LogP contribution in [-0.2, 0) is 19.6 Å². The molecule has 0 spiro atoms. The summed E-state index contributed by atoms with van der Waals surface area (Å²) in [5, 5.41) is 15.1. The second-order valence-corrected chi connectivity index (χ2v) is 9.50. The fourth-order valence-electron chi connectivity index (χ4n) is 3.65. The molecule has 166 valence electrons. The number of carbonyl (C=O) groups excluding carboxylic acids is 2. The molecule has 2 amide bonds. The number of rotatable bonds is 7. The van der Waals surface area contributed by atoms with Crippen molar-refractivity contribution in [2.75, 3.05) is 25.0 Å². The summed E-state index contributed by atoms with van der Waals surface area (Å²) in [4.78, 5) is 24.1. The zero-order valence-corrected chi connectivity index (χ0v) is 18.1. The maximum atomic E-state index is 13.1. The van der Waals surface area contributed by atoms with Gasteiger partial charge in [0.25, 0.3) is 0 Å². The summed E-state index contributed by atoms with van der Waals surface area (Å²) < 4.78 is 27.4. The van der Waals surface area contributed by atoms with Crippen molar-refractivity contribution in [1.29, 1.82) is 0 Å². The Morgan fingerprint density at radius 3 is 2.42 bits per heavy atom. The van der Waals surface area contributed by atoms with Gasteiger partial charge in [0.15, 0.2) is 0 Å². The third-order valence-electron chi connectivity index (χ3n) is 5.27. The molecule has 2 aromatic rings. The van der Waals surface area contributed by atoms with Crippen molar-refractivity contribution in [2.24, 2.45) is 5.92 Å². The number of aliphatic hydroxyl groups excluding tert-OH is 1. The van der Waals surface area contributed by atoms with Gasteiger partial charge < -0.3 is 15.7 Å². The number of amides is 2. The fraction of sp³-hybridized carbons (Fsp3) is 0.364. The lowest BCUT2D eigenvalue weighted by atomic mass is 9.97. The summed E-state index contributed by atoms with van der Waals surface area (Å²) in [7, 11) is -3.77. The summed E-state index contributed by atoms with van der Waals surface area (Å²) in [6.07, 6.45) is 1.14. The Balaban J connectivity index is 1.68. The van der Waals surface area contributed by atoms with E-state index in [1.807, 2.05) is 30.3 Å². The molecule has 0 aliphatic carbocycles. The normalized spacial score (nSPS) is 18.2. The molecule has 1 saturated heterocycles. The molecule has 2 atom stereocenters. The average Bonchev–Trinajstić information content (AvgIpc) is 2.78. The topological polar surface area (TPSA) is 116 Å². The van der Waals surface area contributed by atoms with E-state index >= 15 is 0 Å². The van der Waals surface area contributed by atoms with Crippen molar-refractivity contribution < 1.29 is 23.1 Å². The molecule has 0 radical (unpaired) electrons. The number of piperidine rings is 1. The molecule has 0 saturated carbocycles. The summed E-state index contributed by atoms with van der Waals surface area (Å²) >= 11 is 0.